The Kier molecular flexibility index (Phi) is 3.22. The highest BCUT2D eigenvalue weighted by molar-refractivity contribution is 9.09. The van der Waals surface area contributed by atoms with E-state index in [2.05, 4.69) is 32.0 Å². The van der Waals surface area contributed by atoms with Gasteiger partial charge in [-0.3, -0.25) is 0 Å². The molecule has 1 heterocycles. The zero-order valence-electron chi connectivity index (χ0n) is 5.55. The second-order valence-corrected chi connectivity index (χ2v) is 2.68. The highest BCUT2D eigenvalue weighted by atomic mass is 79.9. The van der Waals surface area contributed by atoms with Crippen LogP contribution in [0.4, 0.5) is 0 Å². The first-order valence-electron chi connectivity index (χ1n) is 3.14. The van der Waals surface area contributed by atoms with Gasteiger partial charge in [0.15, 0.2) is 0 Å². The summed E-state index contributed by atoms with van der Waals surface area (Å²) in [5.41, 5.74) is 1.06. The van der Waals surface area contributed by atoms with E-state index in [0.29, 0.717) is 0 Å². The third-order valence-electron chi connectivity index (χ3n) is 1.09. The number of nitrogens with zero attached hydrogens (tertiary/aromatic N) is 1. The van der Waals surface area contributed by atoms with E-state index < -0.39 is 0 Å². The number of hydrogen-bond acceptors (Lipinski definition) is 1. The van der Waals surface area contributed by atoms with Gasteiger partial charge in [0.25, 0.3) is 0 Å². The molecule has 0 saturated carbocycles. The third kappa shape index (κ3) is 2.35. The molecule has 2 nitrogen and oxygen atoms in total. The second kappa shape index (κ2) is 4.28. The quantitative estimate of drug-likeness (QED) is 0.746. The van der Waals surface area contributed by atoms with Gasteiger partial charge in [-0.05, 0) is 12.5 Å². The van der Waals surface area contributed by atoms with E-state index >= 15 is 0 Å². The molecular formula is C7H9BrN2. The van der Waals surface area contributed by atoms with Crippen LogP contribution in [0.5, 0.6) is 0 Å². The smallest absolute Gasteiger partial charge is 0.0924 e. The van der Waals surface area contributed by atoms with E-state index in [1.54, 1.807) is 12.5 Å². The number of imidazole rings is 1. The van der Waals surface area contributed by atoms with Crippen LogP contribution in [0.15, 0.2) is 18.6 Å². The number of halogens is 1. The van der Waals surface area contributed by atoms with Gasteiger partial charge in [-0.1, -0.05) is 22.0 Å². The molecule has 0 saturated heterocycles. The summed E-state index contributed by atoms with van der Waals surface area (Å²) in [6.07, 6.45) is 8.65. The van der Waals surface area contributed by atoms with Crippen LogP contribution in [0.3, 0.4) is 0 Å². The van der Waals surface area contributed by atoms with E-state index in [4.69, 9.17) is 0 Å². The van der Waals surface area contributed by atoms with Crippen LogP contribution in [-0.2, 0) is 0 Å². The highest BCUT2D eigenvalue weighted by Gasteiger charge is 1.82. The number of allylic oxidation sites excluding steroid dienone is 1. The molecule has 1 aromatic rings. The van der Waals surface area contributed by atoms with Crippen molar-refractivity contribution in [2.24, 2.45) is 0 Å². The lowest BCUT2D eigenvalue weighted by atomic mass is 10.3. The van der Waals surface area contributed by atoms with Crippen molar-refractivity contribution < 1.29 is 0 Å². The van der Waals surface area contributed by atoms with Gasteiger partial charge in [0.2, 0.25) is 0 Å². The monoisotopic (exact) mass is 200 g/mol. The molecule has 0 aliphatic carbocycles. The van der Waals surface area contributed by atoms with E-state index in [9.17, 15) is 0 Å². The number of aromatic nitrogens is 2. The lowest BCUT2D eigenvalue weighted by molar-refractivity contribution is 1.26. The first-order valence-corrected chi connectivity index (χ1v) is 4.26. The molecule has 0 spiro atoms. The van der Waals surface area contributed by atoms with Crippen molar-refractivity contribution in [2.45, 2.75) is 6.42 Å². The van der Waals surface area contributed by atoms with Crippen molar-refractivity contribution in [2.75, 3.05) is 5.33 Å². The molecule has 0 bridgehead atoms. The summed E-state index contributed by atoms with van der Waals surface area (Å²) in [7, 11) is 0. The maximum absolute atomic E-state index is 3.88. The second-order valence-electron chi connectivity index (χ2n) is 1.89. The topological polar surface area (TPSA) is 28.7 Å². The minimum absolute atomic E-state index is 1.01. The van der Waals surface area contributed by atoms with E-state index in [0.717, 1.165) is 17.4 Å². The van der Waals surface area contributed by atoms with Crippen LogP contribution in [0, 0.1) is 0 Å². The van der Waals surface area contributed by atoms with Gasteiger partial charge in [0, 0.05) is 5.33 Å². The molecule has 3 heteroatoms. The fourth-order valence-corrected chi connectivity index (χ4v) is 0.895. The Morgan fingerprint density at radius 3 is 3.20 bits per heavy atom. The van der Waals surface area contributed by atoms with Gasteiger partial charge in [0.05, 0.1) is 18.2 Å². The Morgan fingerprint density at radius 2 is 2.60 bits per heavy atom. The average molecular weight is 201 g/mol. The predicted octanol–water partition coefficient (Wildman–Crippen LogP) is 2.21. The summed E-state index contributed by atoms with van der Waals surface area (Å²) in [5, 5.41) is 1.01. The van der Waals surface area contributed by atoms with Gasteiger partial charge < -0.3 is 4.98 Å². The van der Waals surface area contributed by atoms with Crippen molar-refractivity contribution in [3.8, 4) is 0 Å². The summed E-state index contributed by atoms with van der Waals surface area (Å²) >= 11 is 3.34. The van der Waals surface area contributed by atoms with Crippen molar-refractivity contribution in [3.63, 3.8) is 0 Å². The Morgan fingerprint density at radius 1 is 1.70 bits per heavy atom. The molecule has 1 rings (SSSR count). The first kappa shape index (κ1) is 7.54. The summed E-state index contributed by atoms with van der Waals surface area (Å²) in [4.78, 5) is 6.87. The van der Waals surface area contributed by atoms with Gasteiger partial charge in [0.1, 0.15) is 0 Å². The van der Waals surface area contributed by atoms with Crippen LogP contribution in [0.25, 0.3) is 6.08 Å². The van der Waals surface area contributed by atoms with E-state index in [1.165, 1.54) is 0 Å². The SMILES string of the molecule is BrCCC=Cc1cnc[nH]1. The highest BCUT2D eigenvalue weighted by Crippen LogP contribution is 1.97. The van der Waals surface area contributed by atoms with Crippen LogP contribution in [0.1, 0.15) is 12.1 Å². The molecule has 0 unspecified atom stereocenters. The summed E-state index contributed by atoms with van der Waals surface area (Å²) < 4.78 is 0. The Balaban J connectivity index is 2.40. The molecule has 0 fully saturated rings. The molecule has 0 radical (unpaired) electrons. The van der Waals surface area contributed by atoms with Crippen LogP contribution in [-0.4, -0.2) is 15.3 Å². The number of aromatic amines is 1. The fourth-order valence-electron chi connectivity index (χ4n) is 0.631. The lowest BCUT2D eigenvalue weighted by Gasteiger charge is -1.82. The zero-order valence-corrected chi connectivity index (χ0v) is 7.13. The molecule has 0 aliphatic heterocycles. The number of hydrogen-bond donors (Lipinski definition) is 1. The maximum Gasteiger partial charge on any atom is 0.0924 e. The Bertz CT molecular complexity index is 191. The van der Waals surface area contributed by atoms with Gasteiger partial charge >= 0.3 is 0 Å². The molecule has 0 aromatic carbocycles. The first-order chi connectivity index (χ1) is 4.93. The third-order valence-corrected chi connectivity index (χ3v) is 1.55. The van der Waals surface area contributed by atoms with Crippen LogP contribution >= 0.6 is 15.9 Å². The summed E-state index contributed by atoms with van der Waals surface area (Å²) in [5.74, 6) is 0. The average Bonchev–Trinajstić information content (AvgIpc) is 2.41. The van der Waals surface area contributed by atoms with Gasteiger partial charge in [-0.15, -0.1) is 0 Å². The predicted molar refractivity (Wildman–Crippen MR) is 46.0 cm³/mol. The maximum atomic E-state index is 3.88. The van der Waals surface area contributed by atoms with Crippen LogP contribution in [0.2, 0.25) is 0 Å². The molecule has 1 N–H and O–H groups in total. The molecule has 10 heavy (non-hydrogen) atoms. The van der Waals surface area contributed by atoms with Crippen LogP contribution < -0.4 is 0 Å². The lowest BCUT2D eigenvalue weighted by Crippen LogP contribution is -1.68. The van der Waals surface area contributed by atoms with E-state index in [1.807, 2.05) is 6.08 Å². The summed E-state index contributed by atoms with van der Waals surface area (Å²) in [6, 6.07) is 0. The molecule has 0 atom stereocenters. The minimum atomic E-state index is 1.01. The Hall–Kier alpha value is -0.570. The minimum Gasteiger partial charge on any atom is -0.345 e. The standard InChI is InChI=1S/C7H9BrN2/c8-4-2-1-3-7-5-9-6-10-7/h1,3,5-6H,2,4H2,(H,9,10). The van der Waals surface area contributed by atoms with Crippen molar-refractivity contribution in [3.05, 3.63) is 24.3 Å². The molecular weight excluding hydrogens is 192 g/mol. The largest absolute Gasteiger partial charge is 0.345 e. The normalized spacial score (nSPS) is 10.9. The molecule has 1 aromatic heterocycles. The van der Waals surface area contributed by atoms with Gasteiger partial charge in [-0.25, -0.2) is 4.98 Å². The molecule has 54 valence electrons. The van der Waals surface area contributed by atoms with Crippen molar-refractivity contribution in [1.82, 2.24) is 9.97 Å². The summed E-state index contributed by atoms with van der Waals surface area (Å²) in [6.45, 7) is 0. The van der Waals surface area contributed by atoms with Crippen molar-refractivity contribution in [1.29, 1.82) is 0 Å². The molecule has 0 amide bonds. The number of alkyl halides is 1. The van der Waals surface area contributed by atoms with Gasteiger partial charge in [-0.2, -0.15) is 0 Å². The number of nitrogens with one attached hydrogen (secondary N) is 1. The van der Waals surface area contributed by atoms with Crippen molar-refractivity contribution >= 4 is 22.0 Å². The number of rotatable bonds is 3. The van der Waals surface area contributed by atoms with E-state index in [-0.39, 0.29) is 0 Å². The zero-order chi connectivity index (χ0) is 7.23. The molecule has 0 aliphatic rings. The number of H-pyrrole nitrogens is 1. The Labute approximate surface area is 68.5 Å². The fraction of sp³-hybridized carbons (Fsp3) is 0.286.